The molecular weight excluding hydrogens is 372 g/mol. The van der Waals surface area contributed by atoms with Crippen LogP contribution in [-0.4, -0.2) is 17.0 Å². The summed E-state index contributed by atoms with van der Waals surface area (Å²) in [5.41, 5.74) is 0.0567. The zero-order valence-electron chi connectivity index (χ0n) is 11.6. The second kappa shape index (κ2) is 4.97. The molecule has 1 aliphatic heterocycles. The largest absolute Gasteiger partial charge is 0.369 e. The van der Waals surface area contributed by atoms with Gasteiger partial charge in [0.25, 0.3) is 0 Å². The van der Waals surface area contributed by atoms with E-state index in [2.05, 4.69) is 31.9 Å². The molecule has 0 aromatic heterocycles. The minimum atomic E-state index is -0.424. The van der Waals surface area contributed by atoms with Crippen molar-refractivity contribution in [2.45, 2.75) is 45.3 Å². The van der Waals surface area contributed by atoms with Gasteiger partial charge in [-0.05, 0) is 52.3 Å². The van der Waals surface area contributed by atoms with Crippen LogP contribution in [0.5, 0.6) is 0 Å². The Bertz CT molecular complexity index is 521. The van der Waals surface area contributed by atoms with Gasteiger partial charge in [-0.3, -0.25) is 4.79 Å². The van der Waals surface area contributed by atoms with Gasteiger partial charge in [-0.15, -0.1) is 0 Å². The van der Waals surface area contributed by atoms with E-state index >= 15 is 0 Å². The molecule has 1 aliphatic rings. The molecule has 0 amide bonds. The Morgan fingerprint density at radius 3 is 2.37 bits per heavy atom. The number of benzene rings is 1. The van der Waals surface area contributed by atoms with Gasteiger partial charge in [0.05, 0.1) is 17.1 Å². The van der Waals surface area contributed by atoms with Gasteiger partial charge in [-0.25, -0.2) is 0 Å². The Kier molecular flexibility index (Phi) is 3.98. The van der Waals surface area contributed by atoms with E-state index in [1.165, 1.54) is 0 Å². The quantitative estimate of drug-likeness (QED) is 0.666. The monoisotopic (exact) mass is 388 g/mol. The highest BCUT2D eigenvalue weighted by molar-refractivity contribution is 9.11. The molecule has 2 rings (SSSR count). The summed E-state index contributed by atoms with van der Waals surface area (Å²) < 4.78 is 7.79. The second-order valence-electron chi connectivity index (χ2n) is 6.21. The number of hydrogen-bond donors (Lipinski definition) is 0. The Balaban J connectivity index is 2.34. The third kappa shape index (κ3) is 3.11. The van der Waals surface area contributed by atoms with Crippen LogP contribution in [0, 0.1) is 5.92 Å². The first kappa shape index (κ1) is 15.2. The highest BCUT2D eigenvalue weighted by Crippen LogP contribution is 2.44. The highest BCUT2D eigenvalue weighted by Gasteiger charge is 2.49. The number of ether oxygens (including phenoxy) is 1. The van der Waals surface area contributed by atoms with Gasteiger partial charge in [0.15, 0.2) is 5.78 Å². The zero-order chi connectivity index (χ0) is 14.4. The predicted molar refractivity (Wildman–Crippen MR) is 83.5 cm³/mol. The van der Waals surface area contributed by atoms with E-state index in [1.807, 2.05) is 45.9 Å². The number of Topliss-reactive ketones (excluding diaryl/α,β-unsaturated/α-hetero) is 1. The van der Waals surface area contributed by atoms with E-state index in [-0.39, 0.29) is 17.3 Å². The van der Waals surface area contributed by atoms with Crippen molar-refractivity contribution < 1.29 is 9.53 Å². The van der Waals surface area contributed by atoms with Crippen LogP contribution in [0.25, 0.3) is 0 Å². The summed E-state index contributed by atoms with van der Waals surface area (Å²) >= 11 is 6.87. The van der Waals surface area contributed by atoms with Crippen molar-refractivity contribution in [2.24, 2.45) is 5.92 Å². The predicted octanol–water partition coefficient (Wildman–Crippen LogP) is 4.99. The molecule has 2 nitrogen and oxygen atoms in total. The molecule has 1 heterocycles. The summed E-state index contributed by atoms with van der Waals surface area (Å²) in [7, 11) is 0. The van der Waals surface area contributed by atoms with Crippen molar-refractivity contribution in [1.82, 2.24) is 0 Å². The van der Waals surface area contributed by atoms with Crippen molar-refractivity contribution in [2.75, 3.05) is 0 Å². The highest BCUT2D eigenvalue weighted by atomic mass is 79.9. The molecule has 104 valence electrons. The van der Waals surface area contributed by atoms with E-state index in [0.717, 1.165) is 20.9 Å². The molecule has 1 fully saturated rings. The Morgan fingerprint density at radius 1 is 1.26 bits per heavy atom. The van der Waals surface area contributed by atoms with E-state index < -0.39 is 5.60 Å². The van der Waals surface area contributed by atoms with Crippen molar-refractivity contribution in [1.29, 1.82) is 0 Å². The van der Waals surface area contributed by atoms with Gasteiger partial charge in [0.2, 0.25) is 0 Å². The SMILES string of the molecule is CC1(C)CC(C(=O)c2ccc(Br)cc2Br)C(C)(C)O1. The molecule has 0 aliphatic carbocycles. The van der Waals surface area contributed by atoms with Crippen molar-refractivity contribution in [3.8, 4) is 0 Å². The number of rotatable bonds is 2. The zero-order valence-corrected chi connectivity index (χ0v) is 14.8. The van der Waals surface area contributed by atoms with Crippen molar-refractivity contribution in [3.05, 3.63) is 32.7 Å². The third-order valence-corrected chi connectivity index (χ3v) is 4.74. The summed E-state index contributed by atoms with van der Waals surface area (Å²) in [6.45, 7) is 8.07. The fourth-order valence-electron chi connectivity index (χ4n) is 2.85. The number of carbonyl (C=O) groups is 1. The maximum Gasteiger partial charge on any atom is 0.170 e. The number of ketones is 1. The summed E-state index contributed by atoms with van der Waals surface area (Å²) in [5.74, 6) is 0.0370. The molecule has 1 aromatic carbocycles. The number of halogens is 2. The first-order valence-electron chi connectivity index (χ1n) is 6.32. The Morgan fingerprint density at radius 2 is 1.89 bits per heavy atom. The molecule has 0 spiro atoms. The van der Waals surface area contributed by atoms with Gasteiger partial charge in [0.1, 0.15) is 0 Å². The fraction of sp³-hybridized carbons (Fsp3) is 0.533. The average molecular weight is 390 g/mol. The number of hydrogen-bond acceptors (Lipinski definition) is 2. The molecule has 0 bridgehead atoms. The van der Waals surface area contributed by atoms with E-state index in [4.69, 9.17) is 4.74 Å². The van der Waals surface area contributed by atoms with Crippen LogP contribution in [0.1, 0.15) is 44.5 Å². The van der Waals surface area contributed by atoms with Crippen LogP contribution in [0.2, 0.25) is 0 Å². The van der Waals surface area contributed by atoms with Crippen molar-refractivity contribution in [3.63, 3.8) is 0 Å². The topological polar surface area (TPSA) is 26.3 Å². The van der Waals surface area contributed by atoms with Gasteiger partial charge in [0, 0.05) is 14.5 Å². The van der Waals surface area contributed by atoms with Crippen LogP contribution in [0.15, 0.2) is 27.1 Å². The molecule has 1 aromatic rings. The fourth-order valence-corrected chi connectivity index (χ4v) is 4.09. The normalized spacial score (nSPS) is 24.4. The Labute approximate surface area is 131 Å². The van der Waals surface area contributed by atoms with E-state index in [0.29, 0.717) is 0 Å². The van der Waals surface area contributed by atoms with Crippen LogP contribution in [0.4, 0.5) is 0 Å². The standard InChI is InChI=1S/C15H18Br2O2/c1-14(2)8-11(15(3,4)19-14)13(18)10-6-5-9(16)7-12(10)17/h5-7,11H,8H2,1-4H3. The molecule has 4 heteroatoms. The maximum absolute atomic E-state index is 12.8. The number of carbonyl (C=O) groups excluding carboxylic acids is 1. The lowest BCUT2D eigenvalue weighted by Crippen LogP contribution is -2.34. The lowest BCUT2D eigenvalue weighted by atomic mass is 9.82. The first-order valence-corrected chi connectivity index (χ1v) is 7.90. The van der Waals surface area contributed by atoms with Crippen LogP contribution in [-0.2, 0) is 4.74 Å². The van der Waals surface area contributed by atoms with Gasteiger partial charge < -0.3 is 4.74 Å². The molecule has 0 radical (unpaired) electrons. The minimum Gasteiger partial charge on any atom is -0.369 e. The minimum absolute atomic E-state index is 0.111. The molecule has 0 N–H and O–H groups in total. The lowest BCUT2D eigenvalue weighted by molar-refractivity contribution is -0.0712. The maximum atomic E-state index is 12.8. The molecule has 0 saturated carbocycles. The van der Waals surface area contributed by atoms with Crippen molar-refractivity contribution >= 4 is 37.6 Å². The van der Waals surface area contributed by atoms with E-state index in [9.17, 15) is 4.79 Å². The van der Waals surface area contributed by atoms with Crippen LogP contribution >= 0.6 is 31.9 Å². The molecule has 19 heavy (non-hydrogen) atoms. The molecular formula is C15H18Br2O2. The molecule has 1 unspecified atom stereocenters. The average Bonchev–Trinajstić information content (AvgIpc) is 2.45. The summed E-state index contributed by atoms with van der Waals surface area (Å²) in [6.07, 6.45) is 0.751. The summed E-state index contributed by atoms with van der Waals surface area (Å²) in [5, 5.41) is 0. The molecule has 1 saturated heterocycles. The third-order valence-electron chi connectivity index (χ3n) is 3.59. The lowest BCUT2D eigenvalue weighted by Gasteiger charge is -2.26. The molecule has 1 atom stereocenters. The van der Waals surface area contributed by atoms with Crippen LogP contribution < -0.4 is 0 Å². The van der Waals surface area contributed by atoms with Gasteiger partial charge in [-0.1, -0.05) is 31.9 Å². The van der Waals surface area contributed by atoms with Gasteiger partial charge in [-0.2, -0.15) is 0 Å². The summed E-state index contributed by atoms with van der Waals surface area (Å²) in [4.78, 5) is 12.8. The van der Waals surface area contributed by atoms with Gasteiger partial charge >= 0.3 is 0 Å². The Hall–Kier alpha value is -0.190. The first-order chi connectivity index (χ1) is 8.62. The van der Waals surface area contributed by atoms with Crippen LogP contribution in [0.3, 0.4) is 0 Å². The summed E-state index contributed by atoms with van der Waals surface area (Å²) in [6, 6.07) is 5.66. The second-order valence-corrected chi connectivity index (χ2v) is 7.98. The van der Waals surface area contributed by atoms with E-state index in [1.54, 1.807) is 0 Å². The smallest absolute Gasteiger partial charge is 0.170 e.